The van der Waals surface area contributed by atoms with E-state index in [9.17, 15) is 24.3 Å². The summed E-state index contributed by atoms with van der Waals surface area (Å²) in [5, 5.41) is 37.5. The van der Waals surface area contributed by atoms with Gasteiger partial charge < -0.3 is 95.2 Å². The summed E-state index contributed by atoms with van der Waals surface area (Å²) in [6.45, 7) is 27.5. The number of nitrogens with two attached hydrogens (primary N) is 1. The fraction of sp³-hybridized carbons (Fsp3) is 0.911. The Hall–Kier alpha value is -2.12. The van der Waals surface area contributed by atoms with E-state index in [4.69, 9.17) is 26.3 Å². The number of aliphatic hydroxyl groups is 1. The zero-order valence-corrected chi connectivity index (χ0v) is 60.7. The second-order valence-electron chi connectivity index (χ2n) is 23.7. The zero-order chi connectivity index (χ0) is 64.4. The molecule has 7 rings (SSSR count). The number of aliphatic hydroxyl groups excluding tert-OH is 1. The van der Waals surface area contributed by atoms with Crippen LogP contribution in [0.2, 0.25) is 0 Å². The second kappa shape index (κ2) is 50.4. The van der Waals surface area contributed by atoms with Crippen molar-refractivity contribution in [3.8, 4) is 0 Å². The number of rotatable bonds is 10. The topological polar surface area (TPSA) is 300 Å². The van der Waals surface area contributed by atoms with Crippen LogP contribution in [0.15, 0.2) is 5.11 Å². The Labute approximate surface area is 552 Å². The average Bonchev–Trinajstić information content (AvgIpc) is 3.54. The van der Waals surface area contributed by atoms with Gasteiger partial charge in [0.2, 0.25) is 0 Å². The van der Waals surface area contributed by atoms with E-state index in [1.807, 2.05) is 58.9 Å². The van der Waals surface area contributed by atoms with Gasteiger partial charge >= 0.3 is 35.0 Å². The van der Waals surface area contributed by atoms with E-state index in [1.165, 1.54) is 18.7 Å². The summed E-state index contributed by atoms with van der Waals surface area (Å²) < 4.78 is 0. The van der Waals surface area contributed by atoms with Crippen molar-refractivity contribution in [3.05, 3.63) is 17.9 Å². The molecule has 0 saturated carbocycles. The number of azide groups is 1. The van der Waals surface area contributed by atoms with Crippen molar-refractivity contribution in [2.45, 2.75) is 88.2 Å². The van der Waals surface area contributed by atoms with Crippen LogP contribution in [0.5, 0.6) is 0 Å². The summed E-state index contributed by atoms with van der Waals surface area (Å²) >= 11 is 0. The summed E-state index contributed by atoms with van der Waals surface area (Å²) in [5.41, 5.74) is 16.6. The molecule has 0 spiro atoms. The molecule has 0 aromatic rings. The normalized spacial score (nSPS) is 26.9. The molecule has 7 aliphatic heterocycles. The van der Waals surface area contributed by atoms with E-state index < -0.39 is 18.0 Å². The Kier molecular flexibility index (Phi) is 52.9. The Bertz CT molecular complexity index is 1790. The number of amides is 1. The van der Waals surface area contributed by atoms with Crippen LogP contribution in [0, 0.1) is 7.43 Å². The van der Waals surface area contributed by atoms with Crippen molar-refractivity contribution in [3.63, 3.8) is 0 Å². The third-order valence-electron chi connectivity index (χ3n) is 16.4. The molecule has 7 saturated heterocycles. The molecule has 0 radical (unpaired) electrons. The van der Waals surface area contributed by atoms with E-state index in [1.54, 1.807) is 28.1 Å². The van der Waals surface area contributed by atoms with Crippen molar-refractivity contribution in [2.24, 2.45) is 10.8 Å². The van der Waals surface area contributed by atoms with Gasteiger partial charge in [-0.2, -0.15) is 0 Å². The van der Waals surface area contributed by atoms with Crippen LogP contribution in [-0.2, 0) is 28.9 Å². The number of piperazine rings is 7. The molecule has 1 amide bonds. The number of carbonyl (C=O) groups excluding carboxylic acids is 2. The largest absolute Gasteiger partial charge is 2.00 e. The molecule has 8 N–H and O–H groups in total. The molecule has 510 valence electrons. The fourth-order valence-corrected chi connectivity index (χ4v) is 10.0. The smallest absolute Gasteiger partial charge is 1.00 e. The van der Waals surface area contributed by atoms with Gasteiger partial charge in [-0.05, 0) is 111 Å². The van der Waals surface area contributed by atoms with Gasteiger partial charge in [0.25, 0.3) is 5.91 Å². The van der Waals surface area contributed by atoms with Crippen LogP contribution < -0.4 is 38.8 Å². The van der Waals surface area contributed by atoms with Gasteiger partial charge in [-0.3, -0.25) is 48.5 Å². The van der Waals surface area contributed by atoms with Crippen molar-refractivity contribution < 1.29 is 61.2 Å². The standard InChI is InChI=1S/C9H19N3O2.C8H17N5.C8H19N3.C8H18N2O.C8H16N2O.C7H14N2O2.C5H10N2O2.C2H7NO.CH3.BrH.Mg/c1-10-5-6-11(2)8(7-10)9(13)12(3)14-4;1-7(10-11-9)8-6-12(2)4-5-13(8)3;1-7(9)8-6-10(2)4-5-11(8)3;2*1-7(11)8-6-9(2)4-5-10(8)3;1-8-3-4-9(2)6(5-8)7(10)11;8-5(9)4-3-6-1-2-7-4;1-3-4-2;;;/h8H,5-7H2,1-4H3;7-8H,4-6H2,1-3H3;7-8H,4-6,9H2,1-3H3;7-8,11H,4-6H2,1-3H3;8H,4-6H2,1-3H3;6H,3-5H2,1-2H3,(H,10,11);4,6-7H,1-3H2,(H,8,9);3H,1-2H3;1H3;1H;/q;;;;;;;;-1;;+2/p-1. The Morgan fingerprint density at radius 2 is 0.966 bits per heavy atom. The van der Waals surface area contributed by atoms with Gasteiger partial charge in [0, 0.05) is 181 Å². The van der Waals surface area contributed by atoms with Crippen LogP contribution >= 0.6 is 0 Å². The van der Waals surface area contributed by atoms with E-state index in [0.717, 1.165) is 118 Å². The quantitative estimate of drug-likeness (QED) is 0.0268. The number of carbonyl (C=O) groups is 4. The number of carboxylic acids is 2. The maximum atomic E-state index is 11.8. The van der Waals surface area contributed by atoms with Gasteiger partial charge in [-0.15, -0.1) is 0 Å². The summed E-state index contributed by atoms with van der Waals surface area (Å²) in [5.74, 6) is -1.21. The molecule has 10 atom stereocenters. The second-order valence-corrected chi connectivity index (χ2v) is 23.7. The van der Waals surface area contributed by atoms with Gasteiger partial charge in [0.05, 0.1) is 32.4 Å². The van der Waals surface area contributed by atoms with E-state index >= 15 is 0 Å². The minimum atomic E-state index is -0.776. The molecule has 31 heteroatoms. The predicted molar refractivity (Wildman–Crippen MR) is 346 cm³/mol. The molecule has 0 bridgehead atoms. The minimum Gasteiger partial charge on any atom is -1.00 e. The van der Waals surface area contributed by atoms with Crippen LogP contribution in [-0.4, -0.2) is 437 Å². The number of aliphatic carboxylic acids is 2. The van der Waals surface area contributed by atoms with Gasteiger partial charge in [0.1, 0.15) is 23.9 Å². The number of ketones is 1. The number of hydrogen-bond donors (Lipinski definition) is 7. The molecule has 7 aliphatic rings. The molecule has 29 nitrogen and oxygen atoms in total. The predicted octanol–water partition coefficient (Wildman–Crippen LogP) is -6.01. The third kappa shape index (κ3) is 37.9. The molecule has 0 aromatic carbocycles. The summed E-state index contributed by atoms with van der Waals surface area (Å²) in [4.78, 5) is 82.0. The number of nitrogens with one attached hydrogen (secondary N) is 3. The number of halogens is 1. The number of hydroxylamine groups is 3. The molecule has 0 aromatic heterocycles. The van der Waals surface area contributed by atoms with Crippen LogP contribution in [0.4, 0.5) is 0 Å². The fourth-order valence-electron chi connectivity index (χ4n) is 10.0. The first kappa shape index (κ1) is 91.3. The number of Topliss-reactive ketones (excluding diaryl/α,β-unsaturated/α-hetero) is 1. The maximum absolute atomic E-state index is 11.8. The van der Waals surface area contributed by atoms with Gasteiger partial charge in [0.15, 0.2) is 0 Å². The van der Waals surface area contributed by atoms with Gasteiger partial charge in [-0.25, -0.2) is 10.5 Å². The van der Waals surface area contributed by atoms with Crippen LogP contribution in [0.1, 0.15) is 27.7 Å². The van der Waals surface area contributed by atoms with Gasteiger partial charge in [-0.1, -0.05) is 12.0 Å². The molecule has 7 heterocycles. The van der Waals surface area contributed by atoms with E-state index in [-0.39, 0.29) is 95.5 Å². The summed E-state index contributed by atoms with van der Waals surface area (Å²) in [6.07, 6.45) is -0.220. The van der Waals surface area contributed by atoms with Crippen LogP contribution in [0.3, 0.4) is 0 Å². The SMILES string of the molecule is CC(=O)C1CN(C)CCN1C.CC(N)C1CN(C)CCN1C.CC(N=[N+]=[N-])C1CN(C)CCN1C.CC(O)C1CN(C)CCN1C.CN1CCN(C)C(C(=O)O)C1.CNOC.CON(C)C(=O)C1CN(C)CCN1C.O=C(O)C1CNCCN1.[Br-].[CH3-].[Mg+2]. The first-order valence-corrected chi connectivity index (χ1v) is 29.6. The summed E-state index contributed by atoms with van der Waals surface area (Å²) in [6, 6.07) is 0.859. The van der Waals surface area contributed by atoms with Crippen molar-refractivity contribution in [1.29, 1.82) is 0 Å². The molecule has 0 aliphatic carbocycles. The number of likely N-dealkylation sites (N-methyl/N-ethyl adjacent to an activating group) is 13. The Morgan fingerprint density at radius 1 is 0.609 bits per heavy atom. The van der Waals surface area contributed by atoms with Crippen molar-refractivity contribution in [1.82, 2.24) is 80.0 Å². The van der Waals surface area contributed by atoms with Crippen molar-refractivity contribution >= 4 is 46.7 Å². The van der Waals surface area contributed by atoms with E-state index in [0.29, 0.717) is 31.2 Å². The molecule has 87 heavy (non-hydrogen) atoms. The van der Waals surface area contributed by atoms with Crippen molar-refractivity contribution in [2.75, 3.05) is 250 Å². The first-order chi connectivity index (χ1) is 39.4. The monoisotopic (exact) mass is 1320 g/mol. The molecular weight excluding hydrogens is 1200 g/mol. The maximum Gasteiger partial charge on any atom is 2.00 e. The Morgan fingerprint density at radius 3 is 1.26 bits per heavy atom. The molecule has 10 unspecified atom stereocenters. The number of carboxylic acid groups (broad SMARTS) is 2. The minimum absolute atomic E-state index is 0. The van der Waals surface area contributed by atoms with E-state index in [2.05, 4.69) is 136 Å². The van der Waals surface area contributed by atoms with Crippen LogP contribution in [0.25, 0.3) is 10.4 Å². The third-order valence-corrected chi connectivity index (χ3v) is 16.4. The number of nitrogens with zero attached hydrogens (tertiary/aromatic N) is 16. The summed E-state index contributed by atoms with van der Waals surface area (Å²) in [7, 11) is 31.0. The first-order valence-electron chi connectivity index (χ1n) is 29.6. The Balaban J connectivity index is -0.000000456. The zero-order valence-electron chi connectivity index (χ0n) is 57.7. The number of hydrogen-bond acceptors (Lipinski definition) is 24. The molecule has 7 fully saturated rings. The molecular formula is C56H123BrMgN20O9. The average molecular weight is 1320 g/mol.